The molecule has 0 atom stereocenters. The third-order valence-electron chi connectivity index (χ3n) is 3.83. The second kappa shape index (κ2) is 6.95. The molecule has 0 aliphatic carbocycles. The maximum Gasteiger partial charge on any atom is 0.251 e. The van der Waals surface area contributed by atoms with Crippen LogP contribution in [0, 0.1) is 17.7 Å². The molecule has 0 bridgehead atoms. The molecule has 0 aliphatic rings. The lowest BCUT2D eigenvalue weighted by Gasteiger charge is -2.08. The van der Waals surface area contributed by atoms with Crippen molar-refractivity contribution in [1.29, 1.82) is 0 Å². The number of aromatic nitrogens is 4. The first-order valence-corrected chi connectivity index (χ1v) is 8.00. The van der Waals surface area contributed by atoms with E-state index in [0.29, 0.717) is 17.2 Å². The molecule has 27 heavy (non-hydrogen) atoms. The fourth-order valence-electron chi connectivity index (χ4n) is 2.53. The van der Waals surface area contributed by atoms with E-state index in [2.05, 4.69) is 19.9 Å². The smallest absolute Gasteiger partial charge is 0.208 e. The molecule has 0 N–H and O–H groups in total. The van der Waals surface area contributed by atoms with Gasteiger partial charge < -0.3 is 0 Å². The molecule has 4 rings (SSSR count). The van der Waals surface area contributed by atoms with Crippen molar-refractivity contribution in [2.75, 3.05) is 0 Å². The molecule has 0 unspecified atom stereocenters. The fourth-order valence-corrected chi connectivity index (χ4v) is 2.53. The molecule has 0 amide bonds. The third kappa shape index (κ3) is 3.39. The molecule has 2 heterocycles. The largest absolute Gasteiger partial charge is 0.251 e. The lowest BCUT2D eigenvalue weighted by molar-refractivity contribution is 0.449. The van der Waals surface area contributed by atoms with Crippen molar-refractivity contribution >= 4 is 0 Å². The van der Waals surface area contributed by atoms with E-state index in [9.17, 15) is 13.2 Å². The van der Waals surface area contributed by atoms with Crippen LogP contribution in [0.4, 0.5) is 13.2 Å². The highest BCUT2D eigenvalue weighted by molar-refractivity contribution is 5.66. The predicted molar refractivity (Wildman–Crippen MR) is 93.8 cm³/mol. The molecule has 2 aromatic heterocycles. The minimum absolute atomic E-state index is 0.133. The lowest BCUT2D eigenvalue weighted by Crippen LogP contribution is -2.04. The first-order valence-electron chi connectivity index (χ1n) is 8.00. The second-order valence-electron chi connectivity index (χ2n) is 5.64. The molecule has 2 aromatic carbocycles. The highest BCUT2D eigenvalue weighted by Crippen LogP contribution is 2.26. The fraction of sp³-hybridized carbons (Fsp3) is 0. The van der Waals surface area contributed by atoms with Gasteiger partial charge in [-0.25, -0.2) is 19.3 Å². The van der Waals surface area contributed by atoms with Gasteiger partial charge in [0.1, 0.15) is 0 Å². The second-order valence-corrected chi connectivity index (χ2v) is 5.64. The lowest BCUT2D eigenvalue weighted by atomic mass is 10.1. The van der Waals surface area contributed by atoms with Gasteiger partial charge in [-0.3, -0.25) is 0 Å². The molecule has 0 saturated heterocycles. The summed E-state index contributed by atoms with van der Waals surface area (Å²) in [6.07, 6.45) is 0. The number of hydrogen-bond donors (Lipinski definition) is 0. The van der Waals surface area contributed by atoms with E-state index >= 15 is 0 Å². The summed E-state index contributed by atoms with van der Waals surface area (Å²) in [6.45, 7) is 0. The van der Waals surface area contributed by atoms with Gasteiger partial charge in [0.05, 0.1) is 5.56 Å². The molecule has 0 radical (unpaired) electrons. The van der Waals surface area contributed by atoms with E-state index in [-0.39, 0.29) is 23.0 Å². The summed E-state index contributed by atoms with van der Waals surface area (Å²) in [4.78, 5) is 15.9. The summed E-state index contributed by atoms with van der Waals surface area (Å²) < 4.78 is 41.0. The van der Waals surface area contributed by atoms with E-state index < -0.39 is 17.7 Å². The Kier molecular flexibility index (Phi) is 4.33. The Balaban J connectivity index is 1.95. The normalized spacial score (nSPS) is 10.8. The Morgan fingerprint density at radius 1 is 0.519 bits per heavy atom. The number of pyridine rings is 1. The van der Waals surface area contributed by atoms with Gasteiger partial charge in [-0.2, -0.15) is 13.8 Å². The monoisotopic (exact) mass is 364 g/mol. The van der Waals surface area contributed by atoms with Gasteiger partial charge in [0, 0.05) is 11.1 Å². The Morgan fingerprint density at radius 2 is 1.00 bits per heavy atom. The van der Waals surface area contributed by atoms with Gasteiger partial charge >= 0.3 is 0 Å². The number of hydrogen-bond acceptors (Lipinski definition) is 4. The van der Waals surface area contributed by atoms with Gasteiger partial charge in [0.25, 0.3) is 5.95 Å². The molecule has 0 aliphatic heterocycles. The van der Waals surface area contributed by atoms with Crippen molar-refractivity contribution in [2.45, 2.75) is 0 Å². The predicted octanol–water partition coefficient (Wildman–Crippen LogP) is 4.68. The molecular weight excluding hydrogens is 353 g/mol. The summed E-state index contributed by atoms with van der Waals surface area (Å²) in [6, 6.07) is 18.7. The summed E-state index contributed by atoms with van der Waals surface area (Å²) in [5.41, 5.74) is 1.01. The van der Waals surface area contributed by atoms with Crippen LogP contribution in [-0.2, 0) is 0 Å². The average molecular weight is 364 g/mol. The van der Waals surface area contributed by atoms with Crippen molar-refractivity contribution in [3.05, 3.63) is 84.4 Å². The van der Waals surface area contributed by atoms with Crippen molar-refractivity contribution < 1.29 is 13.2 Å². The zero-order valence-corrected chi connectivity index (χ0v) is 13.8. The van der Waals surface area contributed by atoms with Crippen molar-refractivity contribution in [3.63, 3.8) is 0 Å². The minimum Gasteiger partial charge on any atom is -0.208 e. The Morgan fingerprint density at radius 3 is 1.52 bits per heavy atom. The third-order valence-corrected chi connectivity index (χ3v) is 3.83. The zero-order chi connectivity index (χ0) is 18.8. The Labute approximate surface area is 152 Å². The Hall–Kier alpha value is -3.61. The molecular formula is C20H11F3N4. The first-order chi connectivity index (χ1) is 13.1. The molecule has 0 spiro atoms. The Bertz CT molecular complexity index is 1050. The van der Waals surface area contributed by atoms with Gasteiger partial charge in [-0.15, -0.1) is 0 Å². The maximum absolute atomic E-state index is 14.2. The van der Waals surface area contributed by atoms with Gasteiger partial charge in [0.15, 0.2) is 23.3 Å². The van der Waals surface area contributed by atoms with Crippen LogP contribution >= 0.6 is 0 Å². The van der Waals surface area contributed by atoms with E-state index in [1.807, 2.05) is 12.1 Å². The topological polar surface area (TPSA) is 51.6 Å². The number of nitrogens with zero attached hydrogens (tertiary/aromatic N) is 4. The van der Waals surface area contributed by atoms with Crippen LogP contribution in [0.3, 0.4) is 0 Å². The maximum atomic E-state index is 14.2. The van der Waals surface area contributed by atoms with Crippen molar-refractivity contribution in [3.8, 4) is 34.2 Å². The van der Waals surface area contributed by atoms with Crippen LogP contribution in [0.15, 0.2) is 66.7 Å². The highest BCUT2D eigenvalue weighted by atomic mass is 19.2. The molecule has 4 nitrogen and oxygen atoms in total. The van der Waals surface area contributed by atoms with Crippen LogP contribution < -0.4 is 0 Å². The van der Waals surface area contributed by atoms with E-state index in [4.69, 9.17) is 0 Å². The zero-order valence-electron chi connectivity index (χ0n) is 13.8. The van der Waals surface area contributed by atoms with Gasteiger partial charge in [0.2, 0.25) is 5.95 Å². The quantitative estimate of drug-likeness (QED) is 0.495. The van der Waals surface area contributed by atoms with Crippen LogP contribution in [0.2, 0.25) is 0 Å². The van der Waals surface area contributed by atoms with E-state index in [1.54, 1.807) is 48.5 Å². The molecule has 0 saturated carbocycles. The van der Waals surface area contributed by atoms with Crippen molar-refractivity contribution in [1.82, 2.24) is 19.9 Å². The molecule has 132 valence electrons. The van der Waals surface area contributed by atoms with Crippen LogP contribution in [0.1, 0.15) is 0 Å². The highest BCUT2D eigenvalue weighted by Gasteiger charge is 2.18. The van der Waals surface area contributed by atoms with Crippen LogP contribution in [0.25, 0.3) is 34.2 Å². The molecule has 7 heteroatoms. The average Bonchev–Trinajstić information content (AvgIpc) is 2.72. The van der Waals surface area contributed by atoms with Crippen LogP contribution in [-0.4, -0.2) is 19.9 Å². The molecule has 0 fully saturated rings. The summed E-state index contributed by atoms with van der Waals surface area (Å²) >= 11 is 0. The summed E-state index contributed by atoms with van der Waals surface area (Å²) in [5, 5.41) is 0. The van der Waals surface area contributed by atoms with Gasteiger partial charge in [-0.05, 0) is 6.07 Å². The van der Waals surface area contributed by atoms with E-state index in [0.717, 1.165) is 0 Å². The summed E-state index contributed by atoms with van der Waals surface area (Å²) in [7, 11) is 0. The first kappa shape index (κ1) is 16.8. The number of halogens is 3. The standard InChI is InChI=1S/C20H11F3N4/c21-15-11-14(16(22)24-17(15)23)20-26-18(12-7-3-1-4-8-12)25-19(27-20)13-9-5-2-6-10-13/h1-11H. The van der Waals surface area contributed by atoms with E-state index in [1.165, 1.54) is 0 Å². The molecule has 4 aromatic rings. The van der Waals surface area contributed by atoms with Crippen molar-refractivity contribution in [2.24, 2.45) is 0 Å². The SMILES string of the molecule is Fc1cc(-c2nc(-c3ccccc3)nc(-c3ccccc3)n2)c(F)nc1F. The number of benzene rings is 2. The number of rotatable bonds is 3. The minimum atomic E-state index is -1.52. The van der Waals surface area contributed by atoms with Crippen LogP contribution in [0.5, 0.6) is 0 Å². The summed E-state index contributed by atoms with van der Waals surface area (Å²) in [5.74, 6) is -3.57. The van der Waals surface area contributed by atoms with Gasteiger partial charge in [-0.1, -0.05) is 60.7 Å².